The van der Waals surface area contributed by atoms with Crippen LogP contribution in [0.1, 0.15) is 46.4 Å². The number of nitrogens with one attached hydrogen (secondary N) is 1. The van der Waals surface area contributed by atoms with E-state index in [4.69, 9.17) is 4.74 Å². The number of rotatable bonds is 6. The largest absolute Gasteiger partial charge is 0.494 e. The van der Waals surface area contributed by atoms with Gasteiger partial charge < -0.3 is 10.1 Å². The fourth-order valence-corrected chi connectivity index (χ4v) is 3.93. The third kappa shape index (κ3) is 4.39. The molecule has 1 heterocycles. The molecule has 0 aliphatic heterocycles. The predicted molar refractivity (Wildman–Crippen MR) is 110 cm³/mol. The Morgan fingerprint density at radius 3 is 2.61 bits per heavy atom. The van der Waals surface area contributed by atoms with Crippen LogP contribution in [0.15, 0.2) is 42.5 Å². The van der Waals surface area contributed by atoms with Crippen molar-refractivity contribution >= 4 is 17.2 Å². The molecule has 4 nitrogen and oxygen atoms in total. The summed E-state index contributed by atoms with van der Waals surface area (Å²) in [6, 6.07) is 11.8. The van der Waals surface area contributed by atoms with Crippen LogP contribution < -0.4 is 10.1 Å². The van der Waals surface area contributed by atoms with E-state index >= 15 is 0 Å². The Labute approximate surface area is 168 Å². The number of hydrogen-bond acceptors (Lipinski definition) is 4. The van der Waals surface area contributed by atoms with E-state index in [1.165, 1.54) is 23.5 Å². The van der Waals surface area contributed by atoms with Crippen LogP contribution in [-0.2, 0) is 0 Å². The molecule has 1 atom stereocenters. The van der Waals surface area contributed by atoms with Crippen molar-refractivity contribution in [3.05, 3.63) is 70.0 Å². The Balaban J connectivity index is 1.82. The lowest BCUT2D eigenvalue weighted by molar-refractivity contribution is 0.0942. The number of hydrogen-bond donors (Lipinski definition) is 1. The fraction of sp³-hybridized carbons (Fsp3) is 0.273. The molecular weight excluding hydrogens is 375 g/mol. The second-order valence-corrected chi connectivity index (χ2v) is 7.61. The van der Waals surface area contributed by atoms with Crippen molar-refractivity contribution in [3.63, 3.8) is 0 Å². The Bertz CT molecular complexity index is 983. The van der Waals surface area contributed by atoms with Gasteiger partial charge in [-0.15, -0.1) is 11.3 Å². The summed E-state index contributed by atoms with van der Waals surface area (Å²) in [7, 11) is 0. The van der Waals surface area contributed by atoms with Crippen LogP contribution in [0.25, 0.3) is 10.6 Å². The van der Waals surface area contributed by atoms with Crippen molar-refractivity contribution in [1.82, 2.24) is 10.3 Å². The van der Waals surface area contributed by atoms with Crippen LogP contribution in [0, 0.1) is 19.7 Å². The van der Waals surface area contributed by atoms with Crippen LogP contribution in [0.5, 0.6) is 5.75 Å². The Morgan fingerprint density at radius 1 is 1.21 bits per heavy atom. The molecule has 146 valence electrons. The lowest BCUT2D eigenvalue weighted by atomic mass is 10.0. The lowest BCUT2D eigenvalue weighted by Crippen LogP contribution is -2.27. The normalized spacial score (nSPS) is 11.9. The molecule has 2 aromatic carbocycles. The maximum Gasteiger partial charge on any atom is 0.263 e. The molecule has 1 aromatic heterocycles. The van der Waals surface area contributed by atoms with Crippen molar-refractivity contribution in [1.29, 1.82) is 0 Å². The van der Waals surface area contributed by atoms with Gasteiger partial charge in [-0.3, -0.25) is 4.79 Å². The first kappa shape index (κ1) is 20.0. The van der Waals surface area contributed by atoms with Gasteiger partial charge in [-0.2, -0.15) is 0 Å². The summed E-state index contributed by atoms with van der Waals surface area (Å²) < 4.78 is 18.8. The number of thiazole rings is 1. The van der Waals surface area contributed by atoms with E-state index in [1.807, 2.05) is 39.0 Å². The van der Waals surface area contributed by atoms with Gasteiger partial charge >= 0.3 is 0 Å². The number of benzene rings is 2. The number of aryl methyl sites for hydroxylation is 2. The molecule has 3 rings (SSSR count). The fourth-order valence-electron chi connectivity index (χ4n) is 2.96. The standard InChI is InChI=1S/C22H23FN2O2S/c1-5-27-19-11-6-13(2)12-18(19)14(3)24-21(26)20-15(4)25-22(28-20)16-7-9-17(23)10-8-16/h6-12,14H,5H2,1-4H3,(H,24,26). The predicted octanol–water partition coefficient (Wildman–Crippen LogP) is 5.46. The van der Waals surface area contributed by atoms with Gasteiger partial charge in [0.2, 0.25) is 0 Å². The molecule has 6 heteroatoms. The molecule has 0 radical (unpaired) electrons. The quantitative estimate of drug-likeness (QED) is 0.600. The summed E-state index contributed by atoms with van der Waals surface area (Å²) in [4.78, 5) is 17.9. The highest BCUT2D eigenvalue weighted by molar-refractivity contribution is 7.17. The molecule has 1 N–H and O–H groups in total. The minimum atomic E-state index is -0.299. The first-order chi connectivity index (χ1) is 13.4. The molecule has 0 bridgehead atoms. The van der Waals surface area contributed by atoms with Crippen molar-refractivity contribution in [2.45, 2.75) is 33.7 Å². The van der Waals surface area contributed by atoms with E-state index in [-0.39, 0.29) is 17.8 Å². The number of nitrogens with zero attached hydrogens (tertiary/aromatic N) is 1. The monoisotopic (exact) mass is 398 g/mol. The molecular formula is C22H23FN2O2S. The Kier molecular flexibility index (Phi) is 6.09. The van der Waals surface area contributed by atoms with Crippen molar-refractivity contribution < 1.29 is 13.9 Å². The SMILES string of the molecule is CCOc1ccc(C)cc1C(C)NC(=O)c1sc(-c2ccc(F)cc2)nc1C. The van der Waals surface area contributed by atoms with Crippen LogP contribution in [-0.4, -0.2) is 17.5 Å². The van der Waals surface area contributed by atoms with E-state index in [2.05, 4.69) is 10.3 Å². The van der Waals surface area contributed by atoms with Gasteiger partial charge in [0, 0.05) is 11.1 Å². The zero-order chi connectivity index (χ0) is 20.3. The molecule has 0 aliphatic rings. The van der Waals surface area contributed by atoms with Gasteiger partial charge in [0.15, 0.2) is 0 Å². The highest BCUT2D eigenvalue weighted by Gasteiger charge is 2.20. The van der Waals surface area contributed by atoms with Gasteiger partial charge in [-0.1, -0.05) is 17.7 Å². The smallest absolute Gasteiger partial charge is 0.263 e. The number of carbonyl (C=O) groups is 1. The van der Waals surface area contributed by atoms with E-state index in [9.17, 15) is 9.18 Å². The average molecular weight is 399 g/mol. The lowest BCUT2D eigenvalue weighted by Gasteiger charge is -2.18. The van der Waals surface area contributed by atoms with Gasteiger partial charge in [-0.25, -0.2) is 9.37 Å². The van der Waals surface area contributed by atoms with Crippen LogP contribution in [0.4, 0.5) is 4.39 Å². The summed E-state index contributed by atoms with van der Waals surface area (Å²) in [5.74, 6) is 0.292. The molecule has 0 fully saturated rings. The van der Waals surface area contributed by atoms with Crippen LogP contribution >= 0.6 is 11.3 Å². The third-order valence-electron chi connectivity index (χ3n) is 4.37. The number of aromatic nitrogens is 1. The van der Waals surface area contributed by atoms with Crippen LogP contribution in [0.3, 0.4) is 0 Å². The second kappa shape index (κ2) is 8.52. The van der Waals surface area contributed by atoms with Gasteiger partial charge in [0.05, 0.1) is 18.3 Å². The molecule has 0 saturated heterocycles. The molecule has 0 saturated carbocycles. The van der Waals surface area contributed by atoms with Gasteiger partial charge in [-0.05, 0) is 58.0 Å². The maximum absolute atomic E-state index is 13.1. The zero-order valence-electron chi connectivity index (χ0n) is 16.4. The minimum Gasteiger partial charge on any atom is -0.494 e. The minimum absolute atomic E-state index is 0.181. The molecule has 0 spiro atoms. The summed E-state index contributed by atoms with van der Waals surface area (Å²) >= 11 is 1.30. The summed E-state index contributed by atoms with van der Waals surface area (Å²) in [5.41, 5.74) is 3.49. The molecule has 3 aromatic rings. The summed E-state index contributed by atoms with van der Waals surface area (Å²) in [5, 5.41) is 3.74. The van der Waals surface area contributed by atoms with E-state index in [0.29, 0.717) is 22.2 Å². The van der Waals surface area contributed by atoms with Gasteiger partial charge in [0.25, 0.3) is 5.91 Å². The Hall–Kier alpha value is -2.73. The number of carbonyl (C=O) groups excluding carboxylic acids is 1. The number of halogens is 1. The summed E-state index contributed by atoms with van der Waals surface area (Å²) in [6.45, 7) is 8.25. The maximum atomic E-state index is 13.1. The van der Waals surface area contributed by atoms with E-state index < -0.39 is 0 Å². The molecule has 28 heavy (non-hydrogen) atoms. The second-order valence-electron chi connectivity index (χ2n) is 6.61. The first-order valence-corrected chi connectivity index (χ1v) is 9.98. The zero-order valence-corrected chi connectivity index (χ0v) is 17.2. The highest BCUT2D eigenvalue weighted by atomic mass is 32.1. The van der Waals surface area contributed by atoms with Crippen molar-refractivity contribution in [3.8, 4) is 16.3 Å². The molecule has 0 aliphatic carbocycles. The van der Waals surface area contributed by atoms with E-state index in [1.54, 1.807) is 19.1 Å². The third-order valence-corrected chi connectivity index (χ3v) is 5.58. The highest BCUT2D eigenvalue weighted by Crippen LogP contribution is 2.30. The van der Waals surface area contributed by atoms with Crippen LogP contribution in [0.2, 0.25) is 0 Å². The van der Waals surface area contributed by atoms with E-state index in [0.717, 1.165) is 22.4 Å². The summed E-state index contributed by atoms with van der Waals surface area (Å²) in [6.07, 6.45) is 0. The van der Waals surface area contributed by atoms with Crippen molar-refractivity contribution in [2.75, 3.05) is 6.61 Å². The molecule has 1 unspecified atom stereocenters. The molecule has 1 amide bonds. The Morgan fingerprint density at radius 2 is 1.93 bits per heavy atom. The number of ether oxygens (including phenoxy) is 1. The van der Waals surface area contributed by atoms with Gasteiger partial charge in [0.1, 0.15) is 21.5 Å². The topological polar surface area (TPSA) is 51.2 Å². The number of amides is 1. The van der Waals surface area contributed by atoms with Crippen molar-refractivity contribution in [2.24, 2.45) is 0 Å². The first-order valence-electron chi connectivity index (χ1n) is 9.16. The average Bonchev–Trinajstić information content (AvgIpc) is 3.05.